The highest BCUT2D eigenvalue weighted by molar-refractivity contribution is 7.61. The van der Waals surface area contributed by atoms with E-state index in [1.54, 1.807) is 0 Å². The predicted molar refractivity (Wildman–Crippen MR) is 97.2 cm³/mol. The Bertz CT molecular complexity index is 569. The lowest BCUT2D eigenvalue weighted by atomic mass is 10.0. The van der Waals surface area contributed by atoms with Gasteiger partial charge in [0, 0.05) is 12.2 Å². The van der Waals surface area contributed by atoms with E-state index in [-0.39, 0.29) is 14.4 Å². The van der Waals surface area contributed by atoms with E-state index < -0.39 is 0 Å². The summed E-state index contributed by atoms with van der Waals surface area (Å²) in [6.45, 7) is 6.76. The van der Waals surface area contributed by atoms with Crippen LogP contribution in [0, 0.1) is 0 Å². The molecule has 2 unspecified atom stereocenters. The van der Waals surface area contributed by atoms with E-state index in [1.165, 1.54) is 11.3 Å². The minimum absolute atomic E-state index is 0.140. The lowest BCUT2D eigenvalue weighted by Crippen LogP contribution is -2.32. The number of hydrogen-bond donors (Lipinski definition) is 1. The van der Waals surface area contributed by atoms with Crippen molar-refractivity contribution >= 4 is 42.3 Å². The average molecular weight is 321 g/mol. The van der Waals surface area contributed by atoms with Crippen molar-refractivity contribution in [3.63, 3.8) is 0 Å². The highest BCUT2D eigenvalue weighted by Gasteiger charge is 2.40. The minimum atomic E-state index is 0.140. The fourth-order valence-corrected chi connectivity index (χ4v) is 6.19. The summed E-state index contributed by atoms with van der Waals surface area (Å²) in [6, 6.07) is 6.86. The molecule has 0 fully saturated rings. The van der Waals surface area contributed by atoms with Gasteiger partial charge in [0.1, 0.15) is 0 Å². The second kappa shape index (κ2) is 5.87. The maximum Gasteiger partial charge on any atom is 0.263 e. The Labute approximate surface area is 131 Å². The summed E-state index contributed by atoms with van der Waals surface area (Å²) in [4.78, 5) is 14.4. The number of nitrogens with one attached hydrogen (secondary N) is 1. The maximum atomic E-state index is 12.0. The summed E-state index contributed by atoms with van der Waals surface area (Å²) < 4.78 is 2.36. The van der Waals surface area contributed by atoms with Crippen LogP contribution in [-0.4, -0.2) is 36.6 Å². The van der Waals surface area contributed by atoms with Gasteiger partial charge in [0.2, 0.25) is 0 Å². The molecule has 1 aromatic carbocycles. The standard InChI is InChI=1S/C14H22BN3OP2/c1-8(2)17(15)7-20-13-9(3)10-5-4-6-11-12(10)18(13)21-14(19)16-11/h4-6,8-9,13,20-21H,7,15H2,1-3H3,(H,16,19)/t9-,13-/m0/s1. The van der Waals surface area contributed by atoms with E-state index in [0.717, 1.165) is 20.6 Å². The van der Waals surface area contributed by atoms with Gasteiger partial charge in [-0.15, -0.1) is 0 Å². The molecule has 0 saturated carbocycles. The van der Waals surface area contributed by atoms with E-state index in [9.17, 15) is 4.79 Å². The topological polar surface area (TPSA) is 35.6 Å². The first-order chi connectivity index (χ1) is 9.99. The Kier molecular flexibility index (Phi) is 4.27. The van der Waals surface area contributed by atoms with E-state index in [4.69, 9.17) is 0 Å². The van der Waals surface area contributed by atoms with Crippen LogP contribution in [0.3, 0.4) is 0 Å². The van der Waals surface area contributed by atoms with Crippen LogP contribution in [0.1, 0.15) is 32.3 Å². The van der Waals surface area contributed by atoms with E-state index in [1.807, 2.05) is 6.07 Å². The molecule has 0 saturated heterocycles. The molecule has 21 heavy (non-hydrogen) atoms. The van der Waals surface area contributed by atoms with Crippen LogP contribution in [0.2, 0.25) is 0 Å². The molecule has 112 valence electrons. The van der Waals surface area contributed by atoms with Crippen LogP contribution in [0.4, 0.5) is 16.2 Å². The van der Waals surface area contributed by atoms with E-state index in [0.29, 0.717) is 17.7 Å². The van der Waals surface area contributed by atoms with Gasteiger partial charge >= 0.3 is 0 Å². The van der Waals surface area contributed by atoms with Crippen molar-refractivity contribution in [3.05, 3.63) is 23.8 Å². The van der Waals surface area contributed by atoms with Crippen LogP contribution >= 0.6 is 17.3 Å². The first kappa shape index (κ1) is 15.3. The molecule has 2 aliphatic rings. The van der Waals surface area contributed by atoms with Crippen molar-refractivity contribution in [1.29, 1.82) is 0 Å². The number of para-hydroxylation sites is 1. The largest absolute Gasteiger partial charge is 0.343 e. The monoisotopic (exact) mass is 321 g/mol. The molecule has 4 nitrogen and oxygen atoms in total. The third-order valence-corrected chi connectivity index (χ3v) is 7.64. The van der Waals surface area contributed by atoms with Crippen molar-refractivity contribution in [2.75, 3.05) is 16.3 Å². The van der Waals surface area contributed by atoms with Gasteiger partial charge in [-0.2, -0.15) is 0 Å². The van der Waals surface area contributed by atoms with Crippen molar-refractivity contribution < 1.29 is 4.79 Å². The molecule has 1 amide bonds. The number of anilines is 2. The summed E-state index contributed by atoms with van der Waals surface area (Å²) in [6.07, 6.45) is 1.10. The number of carbonyl (C=O) groups is 1. The quantitative estimate of drug-likeness (QED) is 0.684. The molecular formula is C14H22BN3OP2. The van der Waals surface area contributed by atoms with Crippen LogP contribution in [0.5, 0.6) is 0 Å². The number of carbonyl (C=O) groups excluding carboxylic acids is 1. The third kappa shape index (κ3) is 2.72. The third-order valence-electron chi connectivity index (χ3n) is 4.45. The Hall–Kier alpha value is -0.625. The SMILES string of the molecule is BN(CP[C@H]1[C@@H](C)c2cccc3c2N1PC(=O)N3)C(C)C. The number of amides is 1. The average Bonchev–Trinajstić information content (AvgIpc) is 2.70. The smallest absolute Gasteiger partial charge is 0.263 e. The van der Waals surface area contributed by atoms with Crippen LogP contribution in [-0.2, 0) is 0 Å². The van der Waals surface area contributed by atoms with Crippen LogP contribution in [0.15, 0.2) is 18.2 Å². The Morgan fingerprint density at radius 3 is 3.00 bits per heavy atom. The first-order valence-corrected chi connectivity index (χ1v) is 9.65. The van der Waals surface area contributed by atoms with E-state index in [2.05, 4.69) is 55.7 Å². The molecule has 3 rings (SSSR count). The van der Waals surface area contributed by atoms with Gasteiger partial charge in [0.05, 0.1) is 25.9 Å². The zero-order chi connectivity index (χ0) is 15.1. The maximum absolute atomic E-state index is 12.0. The fraction of sp³-hybridized carbons (Fsp3) is 0.500. The second-order valence-electron chi connectivity index (χ2n) is 6.13. The molecule has 1 aromatic rings. The molecule has 4 atom stereocenters. The number of rotatable bonds is 4. The van der Waals surface area contributed by atoms with Crippen LogP contribution < -0.4 is 9.99 Å². The van der Waals surface area contributed by atoms with Gasteiger partial charge in [0.15, 0.2) is 7.98 Å². The molecule has 0 radical (unpaired) electrons. The van der Waals surface area contributed by atoms with Gasteiger partial charge < -0.3 is 14.8 Å². The molecular weight excluding hydrogens is 299 g/mol. The van der Waals surface area contributed by atoms with Crippen molar-refractivity contribution in [2.45, 2.75) is 38.5 Å². The summed E-state index contributed by atoms with van der Waals surface area (Å²) in [5.74, 6) is 0.964. The summed E-state index contributed by atoms with van der Waals surface area (Å²) in [5, 5.41) is 3.02. The molecule has 1 N–H and O–H groups in total. The van der Waals surface area contributed by atoms with E-state index >= 15 is 0 Å². The van der Waals surface area contributed by atoms with Crippen LogP contribution in [0.25, 0.3) is 0 Å². The lowest BCUT2D eigenvalue weighted by Gasteiger charge is -2.34. The number of hydrogen-bond acceptors (Lipinski definition) is 3. The van der Waals surface area contributed by atoms with Gasteiger partial charge in [0.25, 0.3) is 5.65 Å². The number of benzene rings is 1. The molecule has 0 bridgehead atoms. The zero-order valence-corrected chi connectivity index (χ0v) is 15.0. The molecule has 7 heteroatoms. The highest BCUT2D eigenvalue weighted by atomic mass is 31.1. The summed E-state index contributed by atoms with van der Waals surface area (Å²) in [5.41, 5.74) is 3.80. The molecule has 2 aliphatic heterocycles. The first-order valence-electron chi connectivity index (χ1n) is 7.42. The minimum Gasteiger partial charge on any atom is -0.343 e. The normalized spacial score (nSPS) is 25.4. The van der Waals surface area contributed by atoms with Gasteiger partial charge in [-0.3, -0.25) is 4.79 Å². The zero-order valence-electron chi connectivity index (χ0n) is 13.0. The lowest BCUT2D eigenvalue weighted by molar-refractivity contribution is 0.269. The van der Waals surface area contributed by atoms with Crippen molar-refractivity contribution in [3.8, 4) is 0 Å². The van der Waals surface area contributed by atoms with Gasteiger partial charge in [-0.05, 0) is 17.7 Å². The molecule has 2 heterocycles. The highest BCUT2D eigenvalue weighted by Crippen LogP contribution is 2.57. The predicted octanol–water partition coefficient (Wildman–Crippen LogP) is 2.97. The summed E-state index contributed by atoms with van der Waals surface area (Å²) in [7, 11) is 3.22. The summed E-state index contributed by atoms with van der Waals surface area (Å²) >= 11 is 0. The van der Waals surface area contributed by atoms with Crippen molar-refractivity contribution in [2.24, 2.45) is 0 Å². The molecule has 0 aromatic heterocycles. The Morgan fingerprint density at radius 2 is 2.29 bits per heavy atom. The molecule has 0 spiro atoms. The fourth-order valence-electron chi connectivity index (χ4n) is 2.90. The Balaban J connectivity index is 1.84. The van der Waals surface area contributed by atoms with Crippen molar-refractivity contribution in [1.82, 2.24) is 4.81 Å². The molecule has 0 aliphatic carbocycles. The second-order valence-corrected chi connectivity index (χ2v) is 8.60. The van der Waals surface area contributed by atoms with Gasteiger partial charge in [-0.25, -0.2) is 0 Å². The van der Waals surface area contributed by atoms with Gasteiger partial charge in [-0.1, -0.05) is 41.5 Å². The number of nitrogens with zero attached hydrogens (tertiary/aromatic N) is 2. The Morgan fingerprint density at radius 1 is 1.52 bits per heavy atom.